The van der Waals surface area contributed by atoms with E-state index < -0.39 is 0 Å². The summed E-state index contributed by atoms with van der Waals surface area (Å²) in [6.07, 6.45) is 2.71. The van der Waals surface area contributed by atoms with Crippen molar-refractivity contribution in [3.8, 4) is 5.75 Å². The Morgan fingerprint density at radius 2 is 1.89 bits per heavy atom. The van der Waals surface area contributed by atoms with Crippen molar-refractivity contribution in [1.82, 2.24) is 20.1 Å². The minimum absolute atomic E-state index is 0.150. The molecule has 0 saturated carbocycles. The van der Waals surface area contributed by atoms with Gasteiger partial charge >= 0.3 is 0 Å². The van der Waals surface area contributed by atoms with Crippen LogP contribution in [0.2, 0.25) is 5.02 Å². The number of carbonyl (C=O) groups is 2. The fourth-order valence-corrected chi connectivity index (χ4v) is 4.79. The van der Waals surface area contributed by atoms with Crippen LogP contribution in [-0.4, -0.2) is 51.5 Å². The van der Waals surface area contributed by atoms with Gasteiger partial charge in [0.15, 0.2) is 11.0 Å². The Kier molecular flexibility index (Phi) is 10.3. The molecule has 3 rings (SSSR count). The highest BCUT2D eigenvalue weighted by Crippen LogP contribution is 2.25. The molecule has 0 fully saturated rings. The molecule has 3 aromatic rings. The quantitative estimate of drug-likeness (QED) is 0.319. The number of nitrogens with zero attached hydrogens (tertiary/aromatic N) is 3. The maximum absolute atomic E-state index is 12.9. The number of hydrogen-bond acceptors (Lipinski definition) is 7. The molecule has 35 heavy (non-hydrogen) atoms. The monoisotopic (exact) mass is 533 g/mol. The predicted octanol–water partition coefficient (Wildman–Crippen LogP) is 4.92. The zero-order chi connectivity index (χ0) is 25.2. The number of para-hydroxylation sites is 1. The van der Waals surface area contributed by atoms with E-state index >= 15 is 0 Å². The zero-order valence-electron chi connectivity index (χ0n) is 19.8. The summed E-state index contributed by atoms with van der Waals surface area (Å²) in [7, 11) is 1.58. The second-order valence-corrected chi connectivity index (χ2v) is 9.77. The number of nitrogens with one attached hydrogen (secondary N) is 2. The summed E-state index contributed by atoms with van der Waals surface area (Å²) in [5.74, 6) is 1.95. The highest BCUT2D eigenvalue weighted by molar-refractivity contribution is 7.99. The van der Waals surface area contributed by atoms with Gasteiger partial charge in [0.05, 0.1) is 29.6 Å². The molecular formula is C24H28ClN5O3S2. The first kappa shape index (κ1) is 26.9. The molecule has 0 radical (unpaired) electrons. The number of amides is 2. The van der Waals surface area contributed by atoms with Crippen LogP contribution in [-0.2, 0) is 11.3 Å². The number of thioether (sulfide) groups is 2. The summed E-state index contributed by atoms with van der Waals surface area (Å²) < 4.78 is 7.11. The van der Waals surface area contributed by atoms with E-state index in [4.69, 9.17) is 16.3 Å². The molecule has 1 heterocycles. The number of hydrogen-bond donors (Lipinski definition) is 2. The second kappa shape index (κ2) is 13.4. The molecule has 2 aromatic carbocycles. The van der Waals surface area contributed by atoms with Crippen LogP contribution in [0.4, 0.5) is 5.69 Å². The van der Waals surface area contributed by atoms with Gasteiger partial charge in [-0.25, -0.2) is 0 Å². The van der Waals surface area contributed by atoms with Gasteiger partial charge in [-0.15, -0.1) is 10.2 Å². The average Bonchev–Trinajstić information content (AvgIpc) is 3.29. The fourth-order valence-electron chi connectivity index (χ4n) is 3.33. The van der Waals surface area contributed by atoms with Gasteiger partial charge in [0.25, 0.3) is 5.91 Å². The summed E-state index contributed by atoms with van der Waals surface area (Å²) in [4.78, 5) is 25.4. The van der Waals surface area contributed by atoms with Gasteiger partial charge in [-0.1, -0.05) is 35.5 Å². The number of halogens is 1. The van der Waals surface area contributed by atoms with Crippen molar-refractivity contribution in [3.63, 3.8) is 0 Å². The molecule has 2 N–H and O–H groups in total. The van der Waals surface area contributed by atoms with E-state index in [1.54, 1.807) is 61.3 Å². The predicted molar refractivity (Wildman–Crippen MR) is 143 cm³/mol. The molecule has 0 spiro atoms. The van der Waals surface area contributed by atoms with Crippen LogP contribution in [0.15, 0.2) is 53.7 Å². The van der Waals surface area contributed by atoms with Gasteiger partial charge in [0.1, 0.15) is 5.75 Å². The smallest absolute Gasteiger partial charge is 0.251 e. The van der Waals surface area contributed by atoms with E-state index in [1.807, 2.05) is 23.8 Å². The Labute approximate surface area is 218 Å². The SMILES string of the molecule is CCn1c(SCC(=O)Nc2ccccc2Cl)nnc1[C@@H](CCSC)NC(=O)c1ccc(OC)cc1. The molecule has 0 unspecified atom stereocenters. The van der Waals surface area contributed by atoms with Gasteiger partial charge in [0, 0.05) is 12.1 Å². The minimum atomic E-state index is -0.323. The maximum Gasteiger partial charge on any atom is 0.251 e. The van der Waals surface area contributed by atoms with Gasteiger partial charge < -0.3 is 19.9 Å². The van der Waals surface area contributed by atoms with E-state index in [2.05, 4.69) is 20.8 Å². The summed E-state index contributed by atoms with van der Waals surface area (Å²) in [6.45, 7) is 2.59. The highest BCUT2D eigenvalue weighted by Gasteiger charge is 2.23. The molecule has 1 aromatic heterocycles. The Morgan fingerprint density at radius 1 is 1.14 bits per heavy atom. The van der Waals surface area contributed by atoms with Gasteiger partial charge in [-0.05, 0) is 61.8 Å². The van der Waals surface area contributed by atoms with Crippen molar-refractivity contribution >= 4 is 52.6 Å². The van der Waals surface area contributed by atoms with Crippen LogP contribution in [0.1, 0.15) is 35.6 Å². The van der Waals surface area contributed by atoms with Crippen molar-refractivity contribution in [1.29, 1.82) is 0 Å². The summed E-state index contributed by atoms with van der Waals surface area (Å²) >= 11 is 9.11. The number of carbonyl (C=O) groups excluding carboxylic acids is 2. The first-order valence-corrected chi connectivity index (χ1v) is 13.8. The number of ether oxygens (including phenoxy) is 1. The Balaban J connectivity index is 1.71. The van der Waals surface area contributed by atoms with Gasteiger partial charge in [-0.3, -0.25) is 9.59 Å². The van der Waals surface area contributed by atoms with E-state index in [0.29, 0.717) is 46.0 Å². The van der Waals surface area contributed by atoms with E-state index in [-0.39, 0.29) is 23.6 Å². The second-order valence-electron chi connectivity index (χ2n) is 7.44. The molecule has 2 amide bonds. The number of anilines is 1. The van der Waals surface area contributed by atoms with Crippen molar-refractivity contribution in [3.05, 3.63) is 64.9 Å². The number of methoxy groups -OCH3 is 1. The lowest BCUT2D eigenvalue weighted by Crippen LogP contribution is -2.31. The normalized spacial score (nSPS) is 11.7. The number of rotatable bonds is 12. The molecule has 8 nitrogen and oxygen atoms in total. The number of benzene rings is 2. The van der Waals surface area contributed by atoms with Crippen molar-refractivity contribution < 1.29 is 14.3 Å². The molecule has 11 heteroatoms. The van der Waals surface area contributed by atoms with Crippen molar-refractivity contribution in [2.24, 2.45) is 0 Å². The molecule has 0 aliphatic carbocycles. The molecule has 0 saturated heterocycles. The van der Waals surface area contributed by atoms with E-state index in [9.17, 15) is 9.59 Å². The van der Waals surface area contributed by atoms with Crippen LogP contribution in [0.25, 0.3) is 0 Å². The third-order valence-corrected chi connectivity index (χ3v) is 7.06. The highest BCUT2D eigenvalue weighted by atomic mass is 35.5. The van der Waals surface area contributed by atoms with Gasteiger partial charge in [-0.2, -0.15) is 11.8 Å². The molecule has 0 aliphatic rings. The Bertz CT molecular complexity index is 1140. The van der Waals surface area contributed by atoms with E-state index in [0.717, 1.165) is 5.75 Å². The summed E-state index contributed by atoms with van der Waals surface area (Å²) in [6, 6.07) is 13.7. The third-order valence-electron chi connectivity index (χ3n) is 5.12. The average molecular weight is 534 g/mol. The topological polar surface area (TPSA) is 98.1 Å². The van der Waals surface area contributed by atoms with Crippen LogP contribution < -0.4 is 15.4 Å². The van der Waals surface area contributed by atoms with E-state index in [1.165, 1.54) is 11.8 Å². The lowest BCUT2D eigenvalue weighted by molar-refractivity contribution is -0.113. The zero-order valence-corrected chi connectivity index (χ0v) is 22.2. The van der Waals surface area contributed by atoms with Crippen LogP contribution in [0, 0.1) is 0 Å². The Morgan fingerprint density at radius 3 is 2.54 bits per heavy atom. The van der Waals surface area contributed by atoms with Crippen LogP contribution in [0.5, 0.6) is 5.75 Å². The Hall–Kier alpha value is -2.69. The van der Waals surface area contributed by atoms with Crippen LogP contribution >= 0.6 is 35.1 Å². The summed E-state index contributed by atoms with van der Waals surface area (Å²) in [5, 5.41) is 15.7. The lowest BCUT2D eigenvalue weighted by atomic mass is 10.1. The van der Waals surface area contributed by atoms with Gasteiger partial charge in [0.2, 0.25) is 5.91 Å². The minimum Gasteiger partial charge on any atom is -0.497 e. The first-order valence-electron chi connectivity index (χ1n) is 11.0. The number of aromatic nitrogens is 3. The molecule has 0 aliphatic heterocycles. The molecule has 1 atom stereocenters. The summed E-state index contributed by atoms with van der Waals surface area (Å²) in [5.41, 5.74) is 1.10. The molecule has 0 bridgehead atoms. The van der Waals surface area contributed by atoms with Crippen LogP contribution in [0.3, 0.4) is 0 Å². The molecule has 186 valence electrons. The molecular weight excluding hydrogens is 506 g/mol. The third kappa shape index (κ3) is 7.39. The fraction of sp³-hybridized carbons (Fsp3) is 0.333. The lowest BCUT2D eigenvalue weighted by Gasteiger charge is -2.19. The van der Waals surface area contributed by atoms with Crippen molar-refractivity contribution in [2.45, 2.75) is 31.1 Å². The standard InChI is InChI=1S/C24H28ClN5O3S2/c1-4-30-22(20(13-14-34-3)27-23(32)16-9-11-17(33-2)12-10-16)28-29-24(30)35-15-21(31)26-19-8-6-5-7-18(19)25/h5-12,20H,4,13-15H2,1-3H3,(H,26,31)(H,27,32)/t20-/m1/s1. The first-order chi connectivity index (χ1) is 17.0. The van der Waals surface area contributed by atoms with Crippen molar-refractivity contribution in [2.75, 3.05) is 30.2 Å². The maximum atomic E-state index is 12.9. The largest absolute Gasteiger partial charge is 0.497 e.